The van der Waals surface area contributed by atoms with E-state index in [9.17, 15) is 4.79 Å². The first-order chi connectivity index (χ1) is 13.2. The lowest BCUT2D eigenvalue weighted by Gasteiger charge is -2.29. The molecular weight excluding hydrogens is 364 g/mol. The lowest BCUT2D eigenvalue weighted by Crippen LogP contribution is -2.37. The van der Waals surface area contributed by atoms with Crippen molar-refractivity contribution in [2.75, 3.05) is 20.2 Å². The van der Waals surface area contributed by atoms with Gasteiger partial charge in [0.1, 0.15) is 11.6 Å². The summed E-state index contributed by atoms with van der Waals surface area (Å²) in [6.07, 6.45) is 6.11. The highest BCUT2D eigenvalue weighted by Gasteiger charge is 2.26. The lowest BCUT2D eigenvalue weighted by atomic mass is 10.0. The number of hydrogen-bond donors (Lipinski definition) is 1. The Kier molecular flexibility index (Phi) is 5.27. The van der Waals surface area contributed by atoms with Crippen molar-refractivity contribution in [2.24, 2.45) is 0 Å². The summed E-state index contributed by atoms with van der Waals surface area (Å²) in [5.41, 5.74) is 2.54. The van der Waals surface area contributed by atoms with Crippen LogP contribution in [0.2, 0.25) is 5.02 Å². The van der Waals surface area contributed by atoms with Crippen LogP contribution in [0.25, 0.3) is 0 Å². The summed E-state index contributed by atoms with van der Waals surface area (Å²) in [6, 6.07) is 5.35. The molecule has 2 aliphatic heterocycles. The minimum atomic E-state index is -0.0852. The molecule has 0 spiro atoms. The van der Waals surface area contributed by atoms with Crippen LogP contribution in [0.5, 0.6) is 5.75 Å². The van der Waals surface area contributed by atoms with Gasteiger partial charge in [0.2, 0.25) is 0 Å². The maximum absolute atomic E-state index is 13.0. The van der Waals surface area contributed by atoms with Crippen LogP contribution in [-0.4, -0.2) is 41.0 Å². The molecule has 6 nitrogen and oxygen atoms in total. The van der Waals surface area contributed by atoms with Gasteiger partial charge in [-0.3, -0.25) is 4.79 Å². The van der Waals surface area contributed by atoms with Gasteiger partial charge in [-0.05, 0) is 37.6 Å². The fraction of sp³-hybridized carbons (Fsp3) is 0.450. The average molecular weight is 387 g/mol. The molecule has 7 heteroatoms. The van der Waals surface area contributed by atoms with Gasteiger partial charge in [-0.2, -0.15) is 0 Å². The molecule has 0 saturated carbocycles. The zero-order valence-corrected chi connectivity index (χ0v) is 16.1. The van der Waals surface area contributed by atoms with Crippen LogP contribution in [0.15, 0.2) is 24.4 Å². The maximum Gasteiger partial charge on any atom is 0.257 e. The van der Waals surface area contributed by atoms with Crippen LogP contribution in [0.4, 0.5) is 0 Å². The number of ether oxygens (including phenoxy) is 1. The van der Waals surface area contributed by atoms with Crippen molar-refractivity contribution in [3.8, 4) is 5.75 Å². The first kappa shape index (κ1) is 18.2. The van der Waals surface area contributed by atoms with E-state index in [0.717, 1.165) is 36.5 Å². The van der Waals surface area contributed by atoms with Crippen molar-refractivity contribution in [1.82, 2.24) is 20.2 Å². The summed E-state index contributed by atoms with van der Waals surface area (Å²) in [5.74, 6) is 1.33. The van der Waals surface area contributed by atoms with Crippen molar-refractivity contribution in [1.29, 1.82) is 0 Å². The van der Waals surface area contributed by atoms with Crippen LogP contribution < -0.4 is 10.1 Å². The predicted octanol–water partition coefficient (Wildman–Crippen LogP) is 3.15. The standard InChI is InChI=1S/C20H23ClN4O2/c1-27-18-6-5-14(21)10-15(18)20(26)25-9-7-16-13(12-25)11-23-19(24-16)17-4-2-3-8-22-17/h5-6,10-11,17,22H,2-4,7-9,12H2,1H3/t17-/m1/s1. The highest BCUT2D eigenvalue weighted by molar-refractivity contribution is 6.31. The normalized spacial score (nSPS) is 19.5. The molecular formula is C20H23ClN4O2. The zero-order valence-electron chi connectivity index (χ0n) is 15.4. The molecule has 142 valence electrons. The van der Waals surface area contributed by atoms with Gasteiger partial charge in [0.15, 0.2) is 0 Å². The fourth-order valence-electron chi connectivity index (χ4n) is 3.76. The number of fused-ring (bicyclic) bond motifs is 1. The van der Waals surface area contributed by atoms with E-state index in [1.54, 1.807) is 30.2 Å². The molecule has 1 saturated heterocycles. The van der Waals surface area contributed by atoms with Crippen LogP contribution in [-0.2, 0) is 13.0 Å². The second kappa shape index (κ2) is 7.82. The molecule has 0 aliphatic carbocycles. The molecule has 3 heterocycles. The van der Waals surface area contributed by atoms with Gasteiger partial charge in [-0.25, -0.2) is 9.97 Å². The van der Waals surface area contributed by atoms with Crippen LogP contribution >= 0.6 is 11.6 Å². The van der Waals surface area contributed by atoms with Gasteiger partial charge >= 0.3 is 0 Å². The molecule has 0 radical (unpaired) electrons. The third kappa shape index (κ3) is 3.77. The SMILES string of the molecule is COc1ccc(Cl)cc1C(=O)N1CCc2nc([C@H]3CCCCN3)ncc2C1. The van der Waals surface area contributed by atoms with Gasteiger partial charge < -0.3 is 15.0 Å². The van der Waals surface area contributed by atoms with Crippen LogP contribution in [0, 0.1) is 0 Å². The summed E-state index contributed by atoms with van der Waals surface area (Å²) in [7, 11) is 1.56. The molecule has 1 N–H and O–H groups in total. The number of carbonyl (C=O) groups excluding carboxylic acids is 1. The number of piperidine rings is 1. The predicted molar refractivity (Wildman–Crippen MR) is 103 cm³/mol. The van der Waals surface area contributed by atoms with E-state index in [-0.39, 0.29) is 11.9 Å². The third-order valence-electron chi connectivity index (χ3n) is 5.25. The van der Waals surface area contributed by atoms with Gasteiger partial charge in [-0.15, -0.1) is 0 Å². The van der Waals surface area contributed by atoms with Crippen LogP contribution in [0.1, 0.15) is 52.7 Å². The number of hydrogen-bond acceptors (Lipinski definition) is 5. The van der Waals surface area contributed by atoms with E-state index in [1.165, 1.54) is 12.8 Å². The summed E-state index contributed by atoms with van der Waals surface area (Å²) < 4.78 is 5.33. The molecule has 27 heavy (non-hydrogen) atoms. The molecule has 0 unspecified atom stereocenters. The fourth-order valence-corrected chi connectivity index (χ4v) is 3.93. The number of benzene rings is 1. The molecule has 1 amide bonds. The van der Waals surface area contributed by atoms with E-state index in [2.05, 4.69) is 10.3 Å². The highest BCUT2D eigenvalue weighted by Crippen LogP contribution is 2.27. The second-order valence-electron chi connectivity index (χ2n) is 7.02. The van der Waals surface area contributed by atoms with Gasteiger partial charge in [0.25, 0.3) is 5.91 Å². The van der Waals surface area contributed by atoms with Crippen molar-refractivity contribution in [2.45, 2.75) is 38.3 Å². The Morgan fingerprint density at radius 1 is 1.37 bits per heavy atom. The number of amides is 1. The molecule has 1 fully saturated rings. The number of carbonyl (C=O) groups is 1. The smallest absolute Gasteiger partial charge is 0.257 e. The molecule has 1 atom stereocenters. The van der Waals surface area contributed by atoms with E-state index in [0.29, 0.717) is 29.4 Å². The number of nitrogens with zero attached hydrogens (tertiary/aromatic N) is 3. The molecule has 2 aromatic rings. The lowest BCUT2D eigenvalue weighted by molar-refractivity contribution is 0.0729. The summed E-state index contributed by atoms with van der Waals surface area (Å²) in [6.45, 7) is 2.15. The van der Waals surface area contributed by atoms with Crippen LogP contribution in [0.3, 0.4) is 0 Å². The van der Waals surface area contributed by atoms with E-state index < -0.39 is 0 Å². The van der Waals surface area contributed by atoms with Crippen molar-refractivity contribution < 1.29 is 9.53 Å². The first-order valence-corrected chi connectivity index (χ1v) is 9.74. The Balaban J connectivity index is 1.53. The Labute approximate surface area is 163 Å². The molecule has 4 rings (SSSR count). The van der Waals surface area contributed by atoms with E-state index in [4.69, 9.17) is 21.3 Å². The highest BCUT2D eigenvalue weighted by atomic mass is 35.5. The number of methoxy groups -OCH3 is 1. The summed E-state index contributed by atoms with van der Waals surface area (Å²) in [5, 5.41) is 4.01. The largest absolute Gasteiger partial charge is 0.496 e. The maximum atomic E-state index is 13.0. The minimum absolute atomic E-state index is 0.0852. The summed E-state index contributed by atoms with van der Waals surface area (Å²) >= 11 is 6.08. The Bertz CT molecular complexity index is 852. The molecule has 1 aromatic heterocycles. The van der Waals surface area contributed by atoms with E-state index in [1.807, 2.05) is 6.20 Å². The first-order valence-electron chi connectivity index (χ1n) is 9.36. The topological polar surface area (TPSA) is 67.3 Å². The Morgan fingerprint density at radius 2 is 2.26 bits per heavy atom. The van der Waals surface area contributed by atoms with Gasteiger partial charge in [0, 0.05) is 36.3 Å². The quantitative estimate of drug-likeness (QED) is 0.877. The van der Waals surface area contributed by atoms with Crippen molar-refractivity contribution >= 4 is 17.5 Å². The Hall–Kier alpha value is -2.18. The van der Waals surface area contributed by atoms with Gasteiger partial charge in [0.05, 0.1) is 24.4 Å². The number of aromatic nitrogens is 2. The minimum Gasteiger partial charge on any atom is -0.496 e. The van der Waals surface area contributed by atoms with Crippen molar-refractivity contribution in [3.63, 3.8) is 0 Å². The number of rotatable bonds is 3. The third-order valence-corrected chi connectivity index (χ3v) is 5.49. The van der Waals surface area contributed by atoms with Gasteiger partial charge in [-0.1, -0.05) is 18.0 Å². The number of nitrogens with one attached hydrogen (secondary N) is 1. The van der Waals surface area contributed by atoms with E-state index >= 15 is 0 Å². The monoisotopic (exact) mass is 386 g/mol. The summed E-state index contributed by atoms with van der Waals surface area (Å²) in [4.78, 5) is 24.2. The second-order valence-corrected chi connectivity index (χ2v) is 7.46. The Morgan fingerprint density at radius 3 is 3.04 bits per heavy atom. The zero-order chi connectivity index (χ0) is 18.8. The number of halogens is 1. The molecule has 2 aliphatic rings. The molecule has 1 aromatic carbocycles. The molecule has 0 bridgehead atoms. The average Bonchev–Trinajstić information content (AvgIpc) is 2.73. The van der Waals surface area contributed by atoms with Crippen molar-refractivity contribution in [3.05, 3.63) is 52.1 Å².